The van der Waals surface area contributed by atoms with Gasteiger partial charge < -0.3 is 14.2 Å². The SMILES string of the molecule is CC[C@H]1CN(C(C)c2ccc(C3CC3)cc2OC)[C@H](CC)CN1c1cc(=O)n(C)c2cn(CC#N)nc12. The van der Waals surface area contributed by atoms with Crippen molar-refractivity contribution in [1.82, 2.24) is 19.2 Å². The Hall–Kier alpha value is -3.31. The van der Waals surface area contributed by atoms with Gasteiger partial charge in [-0.2, -0.15) is 10.4 Å². The van der Waals surface area contributed by atoms with Gasteiger partial charge in [-0.25, -0.2) is 0 Å². The third-order valence-corrected chi connectivity index (χ3v) is 8.41. The van der Waals surface area contributed by atoms with E-state index in [9.17, 15) is 10.1 Å². The molecule has 0 N–H and O–H groups in total. The van der Waals surface area contributed by atoms with Gasteiger partial charge in [-0.3, -0.25) is 14.4 Å². The number of nitrogens with zero attached hydrogens (tertiary/aromatic N) is 6. The third-order valence-electron chi connectivity index (χ3n) is 8.41. The van der Waals surface area contributed by atoms with Crippen LogP contribution in [0.2, 0.25) is 0 Å². The van der Waals surface area contributed by atoms with Crippen LogP contribution in [0, 0.1) is 11.3 Å². The largest absolute Gasteiger partial charge is 0.496 e. The fraction of sp³-hybridized carbons (Fsp3) is 0.552. The number of benzene rings is 1. The minimum atomic E-state index is -0.0572. The zero-order valence-electron chi connectivity index (χ0n) is 22.6. The van der Waals surface area contributed by atoms with Gasteiger partial charge in [-0.15, -0.1) is 0 Å². The number of rotatable bonds is 8. The van der Waals surface area contributed by atoms with Crippen LogP contribution in [0.3, 0.4) is 0 Å². The number of hydrogen-bond acceptors (Lipinski definition) is 6. The molecule has 3 heterocycles. The molecule has 0 bridgehead atoms. The molecule has 3 atom stereocenters. The molecular weight excluding hydrogens is 464 g/mol. The van der Waals surface area contributed by atoms with Gasteiger partial charge in [0.2, 0.25) is 0 Å². The van der Waals surface area contributed by atoms with E-state index < -0.39 is 0 Å². The molecule has 1 aromatic carbocycles. The maximum absolute atomic E-state index is 12.9. The predicted molar refractivity (Wildman–Crippen MR) is 146 cm³/mol. The Labute approximate surface area is 219 Å². The smallest absolute Gasteiger partial charge is 0.252 e. The first-order chi connectivity index (χ1) is 17.9. The molecular formula is C29H38N6O2. The van der Waals surface area contributed by atoms with Gasteiger partial charge in [0.05, 0.1) is 30.6 Å². The van der Waals surface area contributed by atoms with Crippen LogP contribution in [-0.2, 0) is 13.6 Å². The van der Waals surface area contributed by atoms with E-state index in [0.29, 0.717) is 12.0 Å². The number of piperazine rings is 1. The van der Waals surface area contributed by atoms with Gasteiger partial charge in [0, 0.05) is 49.9 Å². The Bertz CT molecular complexity index is 1380. The van der Waals surface area contributed by atoms with Gasteiger partial charge in [0.15, 0.2) is 0 Å². The van der Waals surface area contributed by atoms with Crippen LogP contribution >= 0.6 is 0 Å². The summed E-state index contributed by atoms with van der Waals surface area (Å²) in [5.74, 6) is 1.68. The van der Waals surface area contributed by atoms with Crippen LogP contribution in [-0.4, -0.2) is 51.5 Å². The number of hydrogen-bond donors (Lipinski definition) is 0. The van der Waals surface area contributed by atoms with E-state index >= 15 is 0 Å². The predicted octanol–water partition coefficient (Wildman–Crippen LogP) is 4.58. The monoisotopic (exact) mass is 502 g/mol. The van der Waals surface area contributed by atoms with Crippen molar-refractivity contribution >= 4 is 16.7 Å². The molecule has 1 saturated carbocycles. The summed E-state index contributed by atoms with van der Waals surface area (Å²) in [5.41, 5.74) is 4.99. The lowest BCUT2D eigenvalue weighted by atomic mass is 9.95. The van der Waals surface area contributed by atoms with Crippen LogP contribution in [0.15, 0.2) is 35.3 Å². The lowest BCUT2D eigenvalue weighted by Crippen LogP contribution is -2.58. The van der Waals surface area contributed by atoms with Crippen LogP contribution in [0.5, 0.6) is 5.75 Å². The molecule has 3 aromatic rings. The molecule has 0 amide bonds. The van der Waals surface area contributed by atoms with Gasteiger partial charge in [-0.1, -0.05) is 26.0 Å². The molecule has 5 rings (SSSR count). The van der Waals surface area contributed by atoms with Crippen LogP contribution in [0.25, 0.3) is 11.0 Å². The normalized spacial score (nSPS) is 21.2. The summed E-state index contributed by atoms with van der Waals surface area (Å²) in [6, 6.07) is 11.4. The van der Waals surface area contributed by atoms with E-state index in [1.165, 1.54) is 24.0 Å². The van der Waals surface area contributed by atoms with E-state index in [4.69, 9.17) is 9.84 Å². The van der Waals surface area contributed by atoms with Crippen molar-refractivity contribution in [2.24, 2.45) is 7.05 Å². The maximum atomic E-state index is 12.9. The van der Waals surface area contributed by atoms with Gasteiger partial charge in [0.25, 0.3) is 5.56 Å². The number of ether oxygens (including phenoxy) is 1. The second kappa shape index (κ2) is 10.2. The number of aryl methyl sites for hydroxylation is 1. The Morgan fingerprint density at radius 3 is 2.57 bits per heavy atom. The molecule has 8 nitrogen and oxygen atoms in total. The first kappa shape index (κ1) is 25.3. The van der Waals surface area contributed by atoms with E-state index in [1.54, 1.807) is 35.7 Å². The summed E-state index contributed by atoms with van der Waals surface area (Å²) in [6.45, 7) is 8.60. The molecule has 1 unspecified atom stereocenters. The van der Waals surface area contributed by atoms with Crippen molar-refractivity contribution in [2.75, 3.05) is 25.1 Å². The quantitative estimate of drug-likeness (QED) is 0.448. The van der Waals surface area contributed by atoms with Gasteiger partial charge in [0.1, 0.15) is 17.8 Å². The van der Waals surface area contributed by atoms with Crippen molar-refractivity contribution in [3.05, 3.63) is 51.9 Å². The Balaban J connectivity index is 1.49. The Morgan fingerprint density at radius 2 is 1.92 bits per heavy atom. The highest BCUT2D eigenvalue weighted by Gasteiger charge is 2.37. The molecule has 1 aliphatic carbocycles. The fourth-order valence-corrected chi connectivity index (χ4v) is 5.99. The Morgan fingerprint density at radius 1 is 1.16 bits per heavy atom. The highest BCUT2D eigenvalue weighted by molar-refractivity contribution is 5.88. The molecule has 0 spiro atoms. The number of nitriles is 1. The molecule has 196 valence electrons. The topological polar surface area (TPSA) is 79.3 Å². The van der Waals surface area contributed by atoms with Crippen molar-refractivity contribution in [2.45, 2.75) is 77.0 Å². The first-order valence-corrected chi connectivity index (χ1v) is 13.5. The van der Waals surface area contributed by atoms with Crippen molar-refractivity contribution in [3.8, 4) is 11.8 Å². The lowest BCUT2D eigenvalue weighted by Gasteiger charge is -2.49. The van der Waals surface area contributed by atoms with Crippen molar-refractivity contribution < 1.29 is 4.74 Å². The van der Waals surface area contributed by atoms with Crippen LogP contribution in [0.1, 0.15) is 69.5 Å². The highest BCUT2D eigenvalue weighted by Crippen LogP contribution is 2.43. The maximum Gasteiger partial charge on any atom is 0.252 e. The fourth-order valence-electron chi connectivity index (χ4n) is 5.99. The summed E-state index contributed by atoms with van der Waals surface area (Å²) in [7, 11) is 3.54. The number of fused-ring (bicyclic) bond motifs is 1. The molecule has 1 saturated heterocycles. The number of methoxy groups -OCH3 is 1. The van der Waals surface area contributed by atoms with Gasteiger partial charge >= 0.3 is 0 Å². The van der Waals surface area contributed by atoms with Crippen LogP contribution < -0.4 is 15.2 Å². The minimum Gasteiger partial charge on any atom is -0.496 e. The zero-order chi connectivity index (χ0) is 26.3. The number of pyridine rings is 1. The molecule has 2 fully saturated rings. The zero-order valence-corrected chi connectivity index (χ0v) is 22.6. The minimum absolute atomic E-state index is 0.0572. The standard InChI is InChI=1S/C29H38N6O2/c1-6-22-17-35(25-15-28(36)32(4)26-18-33(13-12-30)31-29(25)26)23(7-2)16-34(22)19(3)24-11-10-21(20-8-9-20)14-27(24)37-5/h10-11,14-15,18-20,22-23H,6-9,13,16-17H2,1-5H3/t19?,22-,23+/m1/s1. The van der Waals surface area contributed by atoms with Crippen molar-refractivity contribution in [3.63, 3.8) is 0 Å². The summed E-state index contributed by atoms with van der Waals surface area (Å²) in [5, 5.41) is 13.9. The molecule has 37 heavy (non-hydrogen) atoms. The van der Waals surface area contributed by atoms with Crippen molar-refractivity contribution in [1.29, 1.82) is 5.26 Å². The second-order valence-corrected chi connectivity index (χ2v) is 10.6. The molecule has 1 aliphatic heterocycles. The van der Waals surface area contributed by atoms with Crippen LogP contribution in [0.4, 0.5) is 5.69 Å². The summed E-state index contributed by atoms with van der Waals surface area (Å²) in [6.07, 6.45) is 6.31. The van der Waals surface area contributed by atoms with E-state index in [-0.39, 0.29) is 24.2 Å². The first-order valence-electron chi connectivity index (χ1n) is 13.5. The number of aromatic nitrogens is 3. The third kappa shape index (κ3) is 4.61. The van der Waals surface area contributed by atoms with Gasteiger partial charge in [-0.05, 0) is 50.2 Å². The van der Waals surface area contributed by atoms with E-state index in [1.807, 2.05) is 0 Å². The molecule has 2 aliphatic rings. The summed E-state index contributed by atoms with van der Waals surface area (Å²) in [4.78, 5) is 17.9. The van der Waals surface area contributed by atoms with E-state index in [2.05, 4.69) is 54.8 Å². The average molecular weight is 503 g/mol. The highest BCUT2D eigenvalue weighted by atomic mass is 16.5. The summed E-state index contributed by atoms with van der Waals surface area (Å²) >= 11 is 0. The molecule has 2 aromatic heterocycles. The number of anilines is 1. The van der Waals surface area contributed by atoms with E-state index in [0.717, 1.165) is 48.4 Å². The molecule has 8 heteroatoms. The Kier molecular flexibility index (Phi) is 7.00. The average Bonchev–Trinajstić information content (AvgIpc) is 3.69. The second-order valence-electron chi connectivity index (χ2n) is 10.6. The summed E-state index contributed by atoms with van der Waals surface area (Å²) < 4.78 is 9.12. The lowest BCUT2D eigenvalue weighted by molar-refractivity contribution is 0.0998. The molecule has 0 radical (unpaired) electrons.